The van der Waals surface area contributed by atoms with E-state index in [9.17, 15) is 0 Å². The molecule has 0 radical (unpaired) electrons. The van der Waals surface area contributed by atoms with E-state index in [-0.39, 0.29) is 6.04 Å². The van der Waals surface area contributed by atoms with Gasteiger partial charge in [0.1, 0.15) is 5.82 Å². The van der Waals surface area contributed by atoms with Crippen molar-refractivity contribution in [3.8, 4) is 0 Å². The van der Waals surface area contributed by atoms with Gasteiger partial charge in [-0.1, -0.05) is 25.4 Å². The molecule has 2 rings (SSSR count). The number of aromatic nitrogens is 2. The average Bonchev–Trinajstić information content (AvgIpc) is 2.67. The molecule has 17 heavy (non-hydrogen) atoms. The summed E-state index contributed by atoms with van der Waals surface area (Å²) in [5, 5.41) is 0.742. The van der Waals surface area contributed by atoms with Crippen LogP contribution in [-0.4, -0.2) is 9.55 Å². The molecule has 1 unspecified atom stereocenters. The maximum Gasteiger partial charge on any atom is 0.126 e. The van der Waals surface area contributed by atoms with Crippen LogP contribution < -0.4 is 5.73 Å². The summed E-state index contributed by atoms with van der Waals surface area (Å²) >= 11 is 6.04. The van der Waals surface area contributed by atoms with E-state index >= 15 is 0 Å². The molecule has 1 atom stereocenters. The van der Waals surface area contributed by atoms with E-state index in [4.69, 9.17) is 17.3 Å². The van der Waals surface area contributed by atoms with Crippen LogP contribution >= 0.6 is 11.6 Å². The predicted molar refractivity (Wildman–Crippen MR) is 72.3 cm³/mol. The summed E-state index contributed by atoms with van der Waals surface area (Å²) in [6.07, 6.45) is 1.95. The predicted octanol–water partition coefficient (Wildman–Crippen LogP) is 3.51. The van der Waals surface area contributed by atoms with Gasteiger partial charge in [-0.25, -0.2) is 4.98 Å². The molecule has 1 aromatic heterocycles. The number of hydrogen-bond acceptors (Lipinski definition) is 2. The van der Waals surface area contributed by atoms with Gasteiger partial charge in [0, 0.05) is 11.6 Å². The lowest BCUT2D eigenvalue weighted by Gasteiger charge is -2.12. The van der Waals surface area contributed by atoms with E-state index in [0.29, 0.717) is 0 Å². The molecular weight excluding hydrogens is 234 g/mol. The number of aryl methyl sites for hydroxylation is 1. The molecule has 0 aliphatic carbocycles. The van der Waals surface area contributed by atoms with Gasteiger partial charge in [0.2, 0.25) is 0 Å². The fourth-order valence-corrected chi connectivity index (χ4v) is 2.21. The van der Waals surface area contributed by atoms with Crippen molar-refractivity contribution in [1.29, 1.82) is 0 Å². The van der Waals surface area contributed by atoms with Gasteiger partial charge in [0.15, 0.2) is 0 Å². The first-order chi connectivity index (χ1) is 8.17. The van der Waals surface area contributed by atoms with E-state index < -0.39 is 0 Å². The van der Waals surface area contributed by atoms with Crippen LogP contribution in [0.3, 0.4) is 0 Å². The highest BCUT2D eigenvalue weighted by atomic mass is 35.5. The fourth-order valence-electron chi connectivity index (χ4n) is 2.04. The van der Waals surface area contributed by atoms with Crippen molar-refractivity contribution in [3.05, 3.63) is 29.0 Å². The number of benzene rings is 1. The molecule has 1 aromatic carbocycles. The Hall–Kier alpha value is -1.06. The number of fused-ring (bicyclic) bond motifs is 1. The minimum atomic E-state index is -0.00674. The van der Waals surface area contributed by atoms with Crippen LogP contribution in [0.25, 0.3) is 11.0 Å². The molecule has 0 aliphatic heterocycles. The summed E-state index contributed by atoms with van der Waals surface area (Å²) in [4.78, 5) is 4.62. The molecule has 92 valence electrons. The Morgan fingerprint density at radius 2 is 2.18 bits per heavy atom. The molecule has 1 heterocycles. The Bertz CT molecular complexity index is 519. The van der Waals surface area contributed by atoms with Gasteiger partial charge in [0.25, 0.3) is 0 Å². The lowest BCUT2D eigenvalue weighted by Crippen LogP contribution is -2.15. The molecule has 4 heteroatoms. The van der Waals surface area contributed by atoms with E-state index in [0.717, 1.165) is 41.3 Å². The number of nitrogens with two attached hydrogens (primary N) is 1. The van der Waals surface area contributed by atoms with Crippen molar-refractivity contribution < 1.29 is 0 Å². The molecule has 0 spiro atoms. The second kappa shape index (κ2) is 5.07. The van der Waals surface area contributed by atoms with Crippen molar-refractivity contribution in [1.82, 2.24) is 9.55 Å². The Labute approximate surface area is 107 Å². The highest BCUT2D eigenvalue weighted by Crippen LogP contribution is 2.24. The third-order valence-electron chi connectivity index (χ3n) is 2.96. The molecule has 0 aliphatic rings. The summed E-state index contributed by atoms with van der Waals surface area (Å²) in [6.45, 7) is 5.16. The van der Waals surface area contributed by atoms with Crippen LogP contribution in [0.4, 0.5) is 0 Å². The van der Waals surface area contributed by atoms with Gasteiger partial charge < -0.3 is 10.3 Å². The minimum absolute atomic E-state index is 0.00674. The van der Waals surface area contributed by atoms with Crippen molar-refractivity contribution in [2.75, 3.05) is 0 Å². The Kier molecular flexibility index (Phi) is 3.69. The second-order valence-corrected chi connectivity index (χ2v) is 4.71. The molecule has 0 fully saturated rings. The molecule has 3 nitrogen and oxygen atoms in total. The quantitative estimate of drug-likeness (QED) is 0.904. The van der Waals surface area contributed by atoms with Crippen LogP contribution in [0.2, 0.25) is 5.02 Å². The van der Waals surface area contributed by atoms with Gasteiger partial charge in [-0.2, -0.15) is 0 Å². The summed E-state index contributed by atoms with van der Waals surface area (Å²) < 4.78 is 2.19. The van der Waals surface area contributed by atoms with E-state index in [1.165, 1.54) is 0 Å². The third-order valence-corrected chi connectivity index (χ3v) is 3.19. The number of rotatable bonds is 4. The van der Waals surface area contributed by atoms with E-state index in [2.05, 4.69) is 23.4 Å². The van der Waals surface area contributed by atoms with Crippen LogP contribution in [0.1, 0.15) is 38.6 Å². The van der Waals surface area contributed by atoms with Crippen molar-refractivity contribution >= 4 is 22.6 Å². The molecule has 2 aromatic rings. The third kappa shape index (κ3) is 2.31. The fraction of sp³-hybridized carbons (Fsp3) is 0.462. The van der Waals surface area contributed by atoms with Crippen LogP contribution in [0.15, 0.2) is 18.2 Å². The Morgan fingerprint density at radius 1 is 1.41 bits per heavy atom. The van der Waals surface area contributed by atoms with Gasteiger partial charge >= 0.3 is 0 Å². The summed E-state index contributed by atoms with van der Waals surface area (Å²) in [6, 6.07) is 5.78. The highest BCUT2D eigenvalue weighted by Gasteiger charge is 2.15. The normalized spacial score (nSPS) is 13.2. The van der Waals surface area contributed by atoms with Gasteiger partial charge in [-0.3, -0.25) is 0 Å². The minimum Gasteiger partial charge on any atom is -0.327 e. The molecule has 2 N–H and O–H groups in total. The molecule has 0 saturated carbocycles. The number of hydrogen-bond donors (Lipinski definition) is 1. The van der Waals surface area contributed by atoms with Crippen LogP contribution in [-0.2, 0) is 6.54 Å². The van der Waals surface area contributed by atoms with E-state index in [1.54, 1.807) is 0 Å². The Balaban J connectivity index is 2.62. The maximum absolute atomic E-state index is 6.11. The number of imidazole rings is 1. The summed E-state index contributed by atoms with van der Waals surface area (Å²) in [7, 11) is 0. The first-order valence-electron chi connectivity index (χ1n) is 6.08. The standard InChI is InChI=1S/C13H18ClN3/c1-3-7-17-12-8-9(14)5-6-11(12)16-13(17)10(15)4-2/h5-6,8,10H,3-4,7,15H2,1-2H3. The number of halogens is 1. The topological polar surface area (TPSA) is 43.8 Å². The zero-order valence-corrected chi connectivity index (χ0v) is 11.0. The van der Waals surface area contributed by atoms with Crippen molar-refractivity contribution in [2.24, 2.45) is 5.73 Å². The average molecular weight is 252 g/mol. The van der Waals surface area contributed by atoms with Crippen LogP contribution in [0.5, 0.6) is 0 Å². The smallest absolute Gasteiger partial charge is 0.126 e. The highest BCUT2D eigenvalue weighted by molar-refractivity contribution is 6.31. The molecular formula is C13H18ClN3. The first-order valence-corrected chi connectivity index (χ1v) is 6.46. The van der Waals surface area contributed by atoms with Crippen molar-refractivity contribution in [2.45, 2.75) is 39.3 Å². The first kappa shape index (κ1) is 12.4. The van der Waals surface area contributed by atoms with Gasteiger partial charge in [-0.05, 0) is 31.0 Å². The van der Waals surface area contributed by atoms with Gasteiger partial charge in [-0.15, -0.1) is 0 Å². The summed E-state index contributed by atoms with van der Waals surface area (Å²) in [5.74, 6) is 0.964. The molecule has 0 amide bonds. The monoisotopic (exact) mass is 251 g/mol. The zero-order valence-electron chi connectivity index (χ0n) is 10.3. The number of nitrogens with zero attached hydrogens (tertiary/aromatic N) is 2. The van der Waals surface area contributed by atoms with E-state index in [1.807, 2.05) is 18.2 Å². The SMILES string of the molecule is CCCn1c(C(N)CC)nc2ccc(Cl)cc21. The lowest BCUT2D eigenvalue weighted by molar-refractivity contribution is 0.576. The zero-order chi connectivity index (χ0) is 12.4. The Morgan fingerprint density at radius 3 is 2.82 bits per heavy atom. The van der Waals surface area contributed by atoms with Crippen molar-refractivity contribution in [3.63, 3.8) is 0 Å². The van der Waals surface area contributed by atoms with Crippen LogP contribution in [0, 0.1) is 0 Å². The largest absolute Gasteiger partial charge is 0.327 e. The summed E-state index contributed by atoms with van der Waals surface area (Å²) in [5.41, 5.74) is 8.17. The second-order valence-electron chi connectivity index (χ2n) is 4.27. The maximum atomic E-state index is 6.11. The molecule has 0 bridgehead atoms. The molecule has 0 saturated heterocycles. The van der Waals surface area contributed by atoms with Gasteiger partial charge in [0.05, 0.1) is 17.1 Å². The lowest BCUT2D eigenvalue weighted by atomic mass is 10.2.